The van der Waals surface area contributed by atoms with Gasteiger partial charge in [0, 0.05) is 57.4 Å². The van der Waals surface area contributed by atoms with Crippen LogP contribution in [0.5, 0.6) is 0 Å². The number of aliphatic imine (C=N–C) groups is 1. The van der Waals surface area contributed by atoms with Gasteiger partial charge in [-0.2, -0.15) is 4.98 Å². The first-order chi connectivity index (χ1) is 13.7. The van der Waals surface area contributed by atoms with Crippen LogP contribution in [0.2, 0.25) is 5.02 Å². The van der Waals surface area contributed by atoms with E-state index in [1.54, 1.807) is 7.05 Å². The topological polar surface area (TPSA) is 75.8 Å². The normalized spacial score (nSPS) is 15.6. The van der Waals surface area contributed by atoms with E-state index in [-0.39, 0.29) is 0 Å². The van der Waals surface area contributed by atoms with Crippen molar-refractivity contribution in [3.63, 3.8) is 0 Å². The number of nitrogens with one attached hydrogen (secondary N) is 1. The van der Waals surface area contributed by atoms with Gasteiger partial charge < -0.3 is 19.5 Å². The van der Waals surface area contributed by atoms with Crippen molar-refractivity contribution in [2.45, 2.75) is 25.7 Å². The molecule has 3 rings (SSSR count). The van der Waals surface area contributed by atoms with Gasteiger partial charge in [0.25, 0.3) is 0 Å². The minimum Gasteiger partial charge on any atom is -0.381 e. The fraction of sp³-hybridized carbons (Fsp3) is 0.550. The highest BCUT2D eigenvalue weighted by atomic mass is 35.5. The van der Waals surface area contributed by atoms with Crippen molar-refractivity contribution in [3.8, 4) is 11.4 Å². The molecule has 1 saturated heterocycles. The molecule has 0 aliphatic carbocycles. The minimum atomic E-state index is 0.551. The lowest BCUT2D eigenvalue weighted by Gasteiger charge is -2.26. The summed E-state index contributed by atoms with van der Waals surface area (Å²) in [4.78, 5) is 11.0. The van der Waals surface area contributed by atoms with Crippen LogP contribution in [0, 0.1) is 5.92 Å². The summed E-state index contributed by atoms with van der Waals surface area (Å²) in [5.74, 6) is 2.76. The quantitative estimate of drug-likeness (QED) is 0.563. The molecule has 0 saturated carbocycles. The van der Waals surface area contributed by atoms with Crippen molar-refractivity contribution >= 4 is 17.6 Å². The zero-order valence-electron chi connectivity index (χ0n) is 16.5. The Morgan fingerprint density at radius 1 is 1.36 bits per heavy atom. The van der Waals surface area contributed by atoms with E-state index in [9.17, 15) is 0 Å². The van der Waals surface area contributed by atoms with E-state index in [2.05, 4.69) is 32.4 Å². The van der Waals surface area contributed by atoms with Gasteiger partial charge in [0.2, 0.25) is 11.7 Å². The predicted octanol–water partition coefficient (Wildman–Crippen LogP) is 3.26. The van der Waals surface area contributed by atoms with Crippen LogP contribution >= 0.6 is 11.6 Å². The molecular formula is C20H28ClN5O2. The third-order valence-electron chi connectivity index (χ3n) is 4.96. The second kappa shape index (κ2) is 10.4. The standard InChI is InChI=1S/C20H28ClN5O2/c1-22-20(26(2)11-7-15-8-12-27-13-9-15)23-10-6-18-24-19(25-28-18)16-4-3-5-17(21)14-16/h3-5,14-15H,6-13H2,1-2H3,(H,22,23). The van der Waals surface area contributed by atoms with E-state index in [1.165, 1.54) is 0 Å². The van der Waals surface area contributed by atoms with Crippen LogP contribution in [0.25, 0.3) is 11.4 Å². The number of aromatic nitrogens is 2. The van der Waals surface area contributed by atoms with Gasteiger partial charge in [-0.05, 0) is 37.3 Å². The van der Waals surface area contributed by atoms with E-state index in [4.69, 9.17) is 20.9 Å². The Labute approximate surface area is 171 Å². The van der Waals surface area contributed by atoms with Crippen molar-refractivity contribution in [1.82, 2.24) is 20.4 Å². The molecule has 0 spiro atoms. The highest BCUT2D eigenvalue weighted by Gasteiger charge is 2.15. The summed E-state index contributed by atoms with van der Waals surface area (Å²) in [5, 5.41) is 8.06. The van der Waals surface area contributed by atoms with Crippen LogP contribution in [0.1, 0.15) is 25.2 Å². The summed E-state index contributed by atoms with van der Waals surface area (Å²) in [6.45, 7) is 3.43. The van der Waals surface area contributed by atoms with E-state index < -0.39 is 0 Å². The lowest BCUT2D eigenvalue weighted by molar-refractivity contribution is 0.0625. The lowest BCUT2D eigenvalue weighted by atomic mass is 9.96. The second-order valence-electron chi connectivity index (χ2n) is 7.01. The molecule has 0 amide bonds. The maximum atomic E-state index is 6.02. The van der Waals surface area contributed by atoms with Crippen LogP contribution < -0.4 is 5.32 Å². The zero-order chi connectivity index (χ0) is 19.8. The van der Waals surface area contributed by atoms with Gasteiger partial charge in [0.05, 0.1) is 0 Å². The van der Waals surface area contributed by atoms with E-state index in [1.807, 2.05) is 24.3 Å². The molecule has 1 aromatic heterocycles. The smallest absolute Gasteiger partial charge is 0.228 e. The molecule has 152 valence electrons. The van der Waals surface area contributed by atoms with Gasteiger partial charge in [-0.25, -0.2) is 0 Å². The van der Waals surface area contributed by atoms with Crippen molar-refractivity contribution in [2.24, 2.45) is 10.9 Å². The van der Waals surface area contributed by atoms with Crippen LogP contribution in [0.4, 0.5) is 0 Å². The molecule has 28 heavy (non-hydrogen) atoms. The molecule has 0 atom stereocenters. The molecule has 0 unspecified atom stereocenters. The molecule has 1 N–H and O–H groups in total. The summed E-state index contributed by atoms with van der Waals surface area (Å²) in [5.41, 5.74) is 0.846. The Hall–Kier alpha value is -2.12. The number of benzene rings is 1. The molecule has 2 aromatic rings. The number of guanidine groups is 1. The number of nitrogens with zero attached hydrogens (tertiary/aromatic N) is 4. The lowest BCUT2D eigenvalue weighted by Crippen LogP contribution is -2.40. The first-order valence-electron chi connectivity index (χ1n) is 9.73. The average molecular weight is 406 g/mol. The summed E-state index contributed by atoms with van der Waals surface area (Å²) >= 11 is 6.02. The van der Waals surface area contributed by atoms with Crippen molar-refractivity contribution in [3.05, 3.63) is 35.2 Å². The van der Waals surface area contributed by atoms with Crippen LogP contribution in [-0.4, -0.2) is 61.4 Å². The van der Waals surface area contributed by atoms with Gasteiger partial charge in [-0.3, -0.25) is 4.99 Å². The van der Waals surface area contributed by atoms with E-state index in [0.717, 1.165) is 56.5 Å². The van der Waals surface area contributed by atoms with Crippen molar-refractivity contribution in [2.75, 3.05) is 40.4 Å². The van der Waals surface area contributed by atoms with Gasteiger partial charge in [0.1, 0.15) is 0 Å². The summed E-state index contributed by atoms with van der Waals surface area (Å²) < 4.78 is 10.8. The number of hydrogen-bond donors (Lipinski definition) is 1. The minimum absolute atomic E-state index is 0.551. The largest absolute Gasteiger partial charge is 0.381 e. The van der Waals surface area contributed by atoms with Gasteiger partial charge in [-0.1, -0.05) is 28.9 Å². The molecule has 1 aromatic carbocycles. The first-order valence-corrected chi connectivity index (χ1v) is 10.1. The van der Waals surface area contributed by atoms with E-state index >= 15 is 0 Å². The third-order valence-corrected chi connectivity index (χ3v) is 5.19. The third kappa shape index (κ3) is 5.94. The molecule has 7 nitrogen and oxygen atoms in total. The fourth-order valence-electron chi connectivity index (χ4n) is 3.28. The Bertz CT molecular complexity index is 773. The molecule has 1 aliphatic rings. The molecule has 2 heterocycles. The Kier molecular flexibility index (Phi) is 7.68. The highest BCUT2D eigenvalue weighted by molar-refractivity contribution is 6.30. The summed E-state index contributed by atoms with van der Waals surface area (Å²) in [6.07, 6.45) is 4.10. The SMILES string of the molecule is CN=C(NCCc1nc(-c2cccc(Cl)c2)no1)N(C)CCC1CCOCC1. The molecule has 1 fully saturated rings. The predicted molar refractivity (Wildman–Crippen MR) is 111 cm³/mol. The first kappa shape index (κ1) is 20.6. The number of rotatable bonds is 7. The van der Waals surface area contributed by atoms with Crippen molar-refractivity contribution in [1.29, 1.82) is 0 Å². The van der Waals surface area contributed by atoms with Gasteiger partial charge in [-0.15, -0.1) is 0 Å². The van der Waals surface area contributed by atoms with E-state index in [0.29, 0.717) is 29.7 Å². The van der Waals surface area contributed by atoms with Crippen LogP contribution in [-0.2, 0) is 11.2 Å². The second-order valence-corrected chi connectivity index (χ2v) is 7.45. The number of hydrogen-bond acceptors (Lipinski definition) is 5. The summed E-state index contributed by atoms with van der Waals surface area (Å²) in [6, 6.07) is 7.42. The Morgan fingerprint density at radius 2 is 2.18 bits per heavy atom. The molecule has 8 heteroatoms. The molecule has 0 bridgehead atoms. The van der Waals surface area contributed by atoms with Gasteiger partial charge in [0.15, 0.2) is 5.96 Å². The molecule has 0 radical (unpaired) electrons. The van der Waals surface area contributed by atoms with Crippen molar-refractivity contribution < 1.29 is 9.26 Å². The molecule has 1 aliphatic heterocycles. The average Bonchev–Trinajstić information content (AvgIpc) is 3.19. The Balaban J connectivity index is 1.44. The van der Waals surface area contributed by atoms with Crippen LogP contribution in [0.15, 0.2) is 33.8 Å². The molecular weight excluding hydrogens is 378 g/mol. The Morgan fingerprint density at radius 3 is 2.93 bits per heavy atom. The number of halogens is 1. The fourth-order valence-corrected chi connectivity index (χ4v) is 3.47. The monoisotopic (exact) mass is 405 g/mol. The van der Waals surface area contributed by atoms with Crippen LogP contribution in [0.3, 0.4) is 0 Å². The highest BCUT2D eigenvalue weighted by Crippen LogP contribution is 2.20. The maximum absolute atomic E-state index is 6.02. The summed E-state index contributed by atoms with van der Waals surface area (Å²) in [7, 11) is 3.87. The van der Waals surface area contributed by atoms with Gasteiger partial charge >= 0.3 is 0 Å². The maximum Gasteiger partial charge on any atom is 0.228 e. The number of ether oxygens (including phenoxy) is 1. The zero-order valence-corrected chi connectivity index (χ0v) is 17.3.